The second kappa shape index (κ2) is 8.67. The summed E-state index contributed by atoms with van der Waals surface area (Å²) in [5.74, 6) is 1.26. The Morgan fingerprint density at radius 2 is 2.07 bits per heavy atom. The van der Waals surface area contributed by atoms with Gasteiger partial charge in [0, 0.05) is 30.0 Å². The lowest BCUT2D eigenvalue weighted by Crippen LogP contribution is -2.28. The van der Waals surface area contributed by atoms with E-state index in [9.17, 15) is 8.42 Å². The Balaban J connectivity index is 1.75. The van der Waals surface area contributed by atoms with Gasteiger partial charge >= 0.3 is 0 Å². The number of unbranched alkanes of at least 4 members (excludes halogenated alkanes) is 1. The number of nitrogens with zero attached hydrogens (tertiary/aromatic N) is 2. The first-order valence-electron chi connectivity index (χ1n) is 9.45. The van der Waals surface area contributed by atoms with Crippen LogP contribution in [0, 0.1) is 6.92 Å². The number of anilines is 3. The normalized spacial score (nSPS) is 14.6. The minimum atomic E-state index is -3.51. The van der Waals surface area contributed by atoms with Crippen LogP contribution in [-0.4, -0.2) is 31.0 Å². The van der Waals surface area contributed by atoms with Crippen molar-refractivity contribution in [1.29, 1.82) is 0 Å². The first kappa shape index (κ1) is 19.6. The highest BCUT2D eigenvalue weighted by atomic mass is 32.2. The second-order valence-corrected chi connectivity index (χ2v) is 8.67. The number of aryl methyl sites for hydroxylation is 1. The number of nitrogens with one attached hydrogen (secondary N) is 3. The summed E-state index contributed by atoms with van der Waals surface area (Å²) >= 11 is 0. The summed E-state index contributed by atoms with van der Waals surface area (Å²) < 4.78 is 27.5. The van der Waals surface area contributed by atoms with Gasteiger partial charge in [0.25, 0.3) is 0 Å². The Morgan fingerprint density at radius 1 is 1.26 bits per heavy atom. The maximum atomic E-state index is 12.4. The van der Waals surface area contributed by atoms with Gasteiger partial charge in [-0.1, -0.05) is 19.4 Å². The molecule has 0 amide bonds. The third kappa shape index (κ3) is 5.17. The van der Waals surface area contributed by atoms with Crippen LogP contribution < -0.4 is 15.4 Å². The topological polar surface area (TPSA) is 96.0 Å². The van der Waals surface area contributed by atoms with Crippen LogP contribution in [0.1, 0.15) is 44.6 Å². The van der Waals surface area contributed by atoms with Crippen LogP contribution in [0.2, 0.25) is 0 Å². The third-order valence-electron chi connectivity index (χ3n) is 4.64. The van der Waals surface area contributed by atoms with E-state index in [4.69, 9.17) is 0 Å². The zero-order valence-electron chi connectivity index (χ0n) is 15.8. The first-order valence-corrected chi connectivity index (χ1v) is 10.9. The molecule has 1 aromatic heterocycles. The van der Waals surface area contributed by atoms with Crippen LogP contribution in [0.4, 0.5) is 17.5 Å². The summed E-state index contributed by atoms with van der Waals surface area (Å²) in [7, 11) is -3.51. The van der Waals surface area contributed by atoms with Gasteiger partial charge in [-0.05, 0) is 50.8 Å². The zero-order valence-corrected chi connectivity index (χ0v) is 16.6. The van der Waals surface area contributed by atoms with Crippen molar-refractivity contribution in [3.8, 4) is 0 Å². The predicted molar refractivity (Wildman–Crippen MR) is 108 cm³/mol. The fourth-order valence-electron chi connectivity index (χ4n) is 2.72. The Kier molecular flexibility index (Phi) is 6.28. The quantitative estimate of drug-likeness (QED) is 0.568. The number of hydrogen-bond acceptors (Lipinski definition) is 6. The van der Waals surface area contributed by atoms with E-state index in [1.807, 2.05) is 19.9 Å². The van der Waals surface area contributed by atoms with Crippen LogP contribution in [-0.2, 0) is 10.0 Å². The number of aromatic nitrogens is 2. The highest BCUT2D eigenvalue weighted by molar-refractivity contribution is 7.89. The molecule has 27 heavy (non-hydrogen) atoms. The smallest absolute Gasteiger partial charge is 0.240 e. The van der Waals surface area contributed by atoms with Crippen molar-refractivity contribution in [2.45, 2.75) is 56.9 Å². The van der Waals surface area contributed by atoms with E-state index in [1.54, 1.807) is 24.4 Å². The average Bonchev–Trinajstić information content (AvgIpc) is 2.61. The van der Waals surface area contributed by atoms with Crippen LogP contribution in [0.25, 0.3) is 0 Å². The lowest BCUT2D eigenvalue weighted by molar-refractivity contribution is 0.443. The van der Waals surface area contributed by atoms with Crippen LogP contribution >= 0.6 is 0 Å². The summed E-state index contributed by atoms with van der Waals surface area (Å²) in [6.45, 7) is 4.39. The maximum absolute atomic E-state index is 12.4. The summed E-state index contributed by atoms with van der Waals surface area (Å²) in [5.41, 5.74) is 1.56. The molecule has 146 valence electrons. The molecule has 1 aromatic carbocycles. The summed E-state index contributed by atoms with van der Waals surface area (Å²) in [6.07, 6.45) is 7.05. The minimum Gasteiger partial charge on any atom is -0.351 e. The van der Waals surface area contributed by atoms with Gasteiger partial charge in [-0.25, -0.2) is 18.1 Å². The van der Waals surface area contributed by atoms with Gasteiger partial charge in [0.2, 0.25) is 16.0 Å². The van der Waals surface area contributed by atoms with Crippen molar-refractivity contribution in [3.05, 3.63) is 36.0 Å². The first-order chi connectivity index (χ1) is 13.0. The van der Waals surface area contributed by atoms with Gasteiger partial charge in [-0.2, -0.15) is 4.98 Å². The molecular weight excluding hydrogens is 362 g/mol. The number of sulfonamides is 1. The molecule has 2 aromatic rings. The molecule has 0 spiro atoms. The van der Waals surface area contributed by atoms with Crippen molar-refractivity contribution < 1.29 is 8.42 Å². The minimum absolute atomic E-state index is 0.239. The van der Waals surface area contributed by atoms with Gasteiger partial charge in [0.05, 0.1) is 4.90 Å². The van der Waals surface area contributed by atoms with Crippen molar-refractivity contribution in [1.82, 2.24) is 14.7 Å². The van der Waals surface area contributed by atoms with E-state index in [0.717, 1.165) is 31.2 Å². The number of rotatable bonds is 9. The molecule has 0 atom stereocenters. The molecular formula is C19H27N5O2S. The van der Waals surface area contributed by atoms with Crippen molar-refractivity contribution in [3.63, 3.8) is 0 Å². The molecule has 1 aliphatic carbocycles. The monoisotopic (exact) mass is 389 g/mol. The molecule has 3 N–H and O–H groups in total. The Labute approximate surface area is 161 Å². The van der Waals surface area contributed by atoms with Gasteiger partial charge in [0.1, 0.15) is 5.82 Å². The summed E-state index contributed by atoms with van der Waals surface area (Å²) in [4.78, 5) is 9.12. The summed E-state index contributed by atoms with van der Waals surface area (Å²) in [5, 5.41) is 6.55. The molecule has 0 saturated heterocycles. The molecule has 1 aliphatic rings. The molecule has 0 aliphatic heterocycles. The lowest BCUT2D eigenvalue weighted by atomic mass is 9.93. The van der Waals surface area contributed by atoms with Crippen LogP contribution in [0.15, 0.2) is 35.4 Å². The predicted octanol–water partition coefficient (Wildman–Crippen LogP) is 3.57. The van der Waals surface area contributed by atoms with E-state index in [1.165, 1.54) is 6.42 Å². The molecule has 7 nitrogen and oxygen atoms in total. The molecule has 0 radical (unpaired) electrons. The van der Waals surface area contributed by atoms with Gasteiger partial charge in [-0.3, -0.25) is 0 Å². The van der Waals surface area contributed by atoms with Gasteiger partial charge in [0.15, 0.2) is 0 Å². The second-order valence-electron chi connectivity index (χ2n) is 6.90. The Morgan fingerprint density at radius 3 is 2.78 bits per heavy atom. The zero-order chi connectivity index (χ0) is 19.3. The SMILES string of the molecule is CCCCNS(=O)(=O)c1cccc(Nc2nc(NC3CCC3)ncc2C)c1. The van der Waals surface area contributed by atoms with E-state index < -0.39 is 10.0 Å². The number of hydrogen-bond donors (Lipinski definition) is 3. The molecule has 8 heteroatoms. The molecule has 1 saturated carbocycles. The highest BCUT2D eigenvalue weighted by Gasteiger charge is 2.18. The number of benzene rings is 1. The molecule has 1 fully saturated rings. The van der Waals surface area contributed by atoms with E-state index >= 15 is 0 Å². The standard InChI is InChI=1S/C19H27N5O2S/c1-3-4-11-21-27(25,26)17-10-6-9-16(12-17)22-18-14(2)13-20-19(24-18)23-15-7-5-8-15/h6,9-10,12-13,15,21H,3-5,7-8,11H2,1-2H3,(H2,20,22,23,24). The fraction of sp³-hybridized carbons (Fsp3) is 0.474. The fourth-order valence-corrected chi connectivity index (χ4v) is 3.84. The molecule has 0 bridgehead atoms. The molecule has 3 rings (SSSR count). The van der Waals surface area contributed by atoms with Gasteiger partial charge in [-0.15, -0.1) is 0 Å². The maximum Gasteiger partial charge on any atom is 0.240 e. The van der Waals surface area contributed by atoms with Crippen molar-refractivity contribution in [2.75, 3.05) is 17.2 Å². The Hall–Kier alpha value is -2.19. The van der Waals surface area contributed by atoms with E-state index in [2.05, 4.69) is 25.3 Å². The average molecular weight is 390 g/mol. The van der Waals surface area contributed by atoms with Crippen molar-refractivity contribution >= 4 is 27.5 Å². The lowest BCUT2D eigenvalue weighted by Gasteiger charge is -2.26. The highest BCUT2D eigenvalue weighted by Crippen LogP contribution is 2.24. The van der Waals surface area contributed by atoms with E-state index in [0.29, 0.717) is 30.0 Å². The Bertz CT molecular complexity index is 881. The van der Waals surface area contributed by atoms with E-state index in [-0.39, 0.29) is 4.90 Å². The largest absolute Gasteiger partial charge is 0.351 e. The molecule has 1 heterocycles. The third-order valence-corrected chi connectivity index (χ3v) is 6.10. The van der Waals surface area contributed by atoms with Crippen LogP contribution in [0.5, 0.6) is 0 Å². The molecule has 0 unspecified atom stereocenters. The van der Waals surface area contributed by atoms with Crippen LogP contribution in [0.3, 0.4) is 0 Å². The summed E-state index contributed by atoms with van der Waals surface area (Å²) in [6, 6.07) is 7.21. The van der Waals surface area contributed by atoms with Crippen molar-refractivity contribution in [2.24, 2.45) is 0 Å². The van der Waals surface area contributed by atoms with Gasteiger partial charge < -0.3 is 10.6 Å².